The first kappa shape index (κ1) is 17.2. The first-order chi connectivity index (χ1) is 11.8. The summed E-state index contributed by atoms with van der Waals surface area (Å²) in [6, 6.07) is 7.93. The Kier molecular flexibility index (Phi) is 4.63. The number of hydrogen-bond donors (Lipinski definition) is 1. The molecule has 0 aliphatic carbocycles. The fraction of sp³-hybridized carbons (Fsp3) is 0.294. The average Bonchev–Trinajstić information content (AvgIpc) is 2.58. The second-order valence-corrected chi connectivity index (χ2v) is 7.85. The zero-order valence-electron chi connectivity index (χ0n) is 14.1. The van der Waals surface area contributed by atoms with E-state index in [2.05, 4.69) is 9.71 Å². The quantitative estimate of drug-likeness (QED) is 0.861. The Morgan fingerprint density at radius 3 is 2.88 bits per heavy atom. The topological polar surface area (TPSA) is 82.1 Å². The molecule has 2 heterocycles. The lowest BCUT2D eigenvalue weighted by atomic mass is 10.1. The Labute approximate surface area is 147 Å². The van der Waals surface area contributed by atoms with Crippen LogP contribution in [0.3, 0.4) is 0 Å². The maximum absolute atomic E-state index is 12.4. The van der Waals surface area contributed by atoms with Gasteiger partial charge in [-0.05, 0) is 29.8 Å². The van der Waals surface area contributed by atoms with Gasteiger partial charge in [0.05, 0.1) is 11.3 Å². The highest BCUT2D eigenvalue weighted by Gasteiger charge is 2.24. The summed E-state index contributed by atoms with van der Waals surface area (Å²) in [5.41, 5.74) is 2.55. The van der Waals surface area contributed by atoms with Crippen molar-refractivity contribution in [3.05, 3.63) is 53.8 Å². The second-order valence-electron chi connectivity index (χ2n) is 6.09. The van der Waals surface area contributed by atoms with E-state index in [1.807, 2.05) is 43.3 Å². The van der Waals surface area contributed by atoms with Crippen LogP contribution in [0.25, 0.3) is 0 Å². The van der Waals surface area contributed by atoms with Gasteiger partial charge in [-0.15, -0.1) is 4.40 Å². The van der Waals surface area contributed by atoms with Crippen LogP contribution in [0.15, 0.2) is 52.6 Å². The van der Waals surface area contributed by atoms with Crippen LogP contribution in [0, 0.1) is 0 Å². The number of sulfonamides is 1. The van der Waals surface area contributed by atoms with Crippen molar-refractivity contribution < 1.29 is 13.2 Å². The smallest absolute Gasteiger partial charge is 0.256 e. The van der Waals surface area contributed by atoms with Crippen LogP contribution in [0.2, 0.25) is 0 Å². The van der Waals surface area contributed by atoms with Gasteiger partial charge in [0.15, 0.2) is 0 Å². The van der Waals surface area contributed by atoms with E-state index >= 15 is 0 Å². The Morgan fingerprint density at radius 1 is 1.32 bits per heavy atom. The summed E-state index contributed by atoms with van der Waals surface area (Å²) in [6.45, 7) is 0.716. The van der Waals surface area contributed by atoms with Gasteiger partial charge >= 0.3 is 0 Å². The third-order valence-corrected chi connectivity index (χ3v) is 5.13. The molecular formula is C17H20N4O3S. The SMILES string of the molecule is CN(C)c1cccc(CNC(=O)C2=CN3CCS(=O)(=O)N=C3C=C2)c1. The molecule has 2 aliphatic rings. The third-order valence-electron chi connectivity index (χ3n) is 3.97. The fourth-order valence-electron chi connectivity index (χ4n) is 2.56. The summed E-state index contributed by atoms with van der Waals surface area (Å²) in [5, 5.41) is 2.88. The number of carbonyl (C=O) groups is 1. The van der Waals surface area contributed by atoms with Crippen molar-refractivity contribution >= 4 is 27.5 Å². The maximum Gasteiger partial charge on any atom is 0.256 e. The average molecular weight is 360 g/mol. The molecule has 0 saturated carbocycles. The number of fused-ring (bicyclic) bond motifs is 1. The largest absolute Gasteiger partial charge is 0.378 e. The van der Waals surface area contributed by atoms with Gasteiger partial charge in [-0.25, -0.2) is 8.42 Å². The van der Waals surface area contributed by atoms with E-state index in [0.717, 1.165) is 11.3 Å². The van der Waals surface area contributed by atoms with Gasteiger partial charge in [-0.2, -0.15) is 0 Å². The van der Waals surface area contributed by atoms with Crippen molar-refractivity contribution in [2.24, 2.45) is 4.40 Å². The number of benzene rings is 1. The van der Waals surface area contributed by atoms with E-state index in [1.54, 1.807) is 23.3 Å². The molecule has 0 unspecified atom stereocenters. The van der Waals surface area contributed by atoms with Crippen molar-refractivity contribution in [1.82, 2.24) is 10.2 Å². The molecular weight excluding hydrogens is 340 g/mol. The van der Waals surface area contributed by atoms with Crippen molar-refractivity contribution in [2.75, 3.05) is 31.3 Å². The molecule has 8 heteroatoms. The Morgan fingerprint density at radius 2 is 2.12 bits per heavy atom. The van der Waals surface area contributed by atoms with E-state index in [4.69, 9.17) is 0 Å². The van der Waals surface area contributed by atoms with Crippen LogP contribution in [0.5, 0.6) is 0 Å². The minimum absolute atomic E-state index is 0.0485. The van der Waals surface area contributed by atoms with Crippen LogP contribution in [0.4, 0.5) is 5.69 Å². The Balaban J connectivity index is 1.66. The van der Waals surface area contributed by atoms with E-state index in [0.29, 0.717) is 24.5 Å². The molecule has 1 amide bonds. The number of amidine groups is 1. The zero-order chi connectivity index (χ0) is 18.0. The Hall–Kier alpha value is -2.61. The molecule has 7 nitrogen and oxygen atoms in total. The molecule has 0 bridgehead atoms. The van der Waals surface area contributed by atoms with Crippen molar-refractivity contribution in [3.63, 3.8) is 0 Å². The summed E-state index contributed by atoms with van der Waals surface area (Å²) in [6.07, 6.45) is 4.78. The predicted octanol–water partition coefficient (Wildman–Crippen LogP) is 0.866. The number of carbonyl (C=O) groups excluding carboxylic acids is 1. The predicted molar refractivity (Wildman–Crippen MR) is 97.8 cm³/mol. The number of amides is 1. The standard InChI is InChI=1S/C17H20N4O3S/c1-20(2)15-5-3-4-13(10-15)11-18-17(22)14-6-7-16-19-25(23,24)9-8-21(16)12-14/h3-7,10,12H,8-9,11H2,1-2H3,(H,18,22). The van der Waals surface area contributed by atoms with Crippen LogP contribution in [-0.4, -0.2) is 51.5 Å². The summed E-state index contributed by atoms with van der Waals surface area (Å²) in [7, 11) is 0.544. The van der Waals surface area contributed by atoms with Crippen LogP contribution in [-0.2, 0) is 21.4 Å². The number of hydrogen-bond acceptors (Lipinski definition) is 5. The highest BCUT2D eigenvalue weighted by Crippen LogP contribution is 2.16. The molecule has 0 spiro atoms. The molecule has 1 aromatic rings. The van der Waals surface area contributed by atoms with Gasteiger partial charge in [0, 0.05) is 39.1 Å². The first-order valence-corrected chi connectivity index (χ1v) is 9.49. The monoisotopic (exact) mass is 360 g/mol. The molecule has 0 saturated heterocycles. The number of nitrogens with zero attached hydrogens (tertiary/aromatic N) is 3. The zero-order valence-corrected chi connectivity index (χ0v) is 15.0. The highest BCUT2D eigenvalue weighted by molar-refractivity contribution is 7.90. The lowest BCUT2D eigenvalue weighted by Crippen LogP contribution is -2.38. The van der Waals surface area contributed by atoms with Crippen molar-refractivity contribution in [2.45, 2.75) is 6.54 Å². The lowest BCUT2D eigenvalue weighted by molar-refractivity contribution is -0.117. The van der Waals surface area contributed by atoms with Crippen LogP contribution >= 0.6 is 0 Å². The van der Waals surface area contributed by atoms with Gasteiger partial charge in [0.25, 0.3) is 15.9 Å². The van der Waals surface area contributed by atoms with Crippen molar-refractivity contribution in [3.8, 4) is 0 Å². The third kappa shape index (κ3) is 4.08. The summed E-state index contributed by atoms with van der Waals surface area (Å²) in [4.78, 5) is 16.1. The molecule has 0 fully saturated rings. The number of rotatable bonds is 4. The van der Waals surface area contributed by atoms with E-state index < -0.39 is 10.0 Å². The lowest BCUT2D eigenvalue weighted by Gasteiger charge is -2.27. The van der Waals surface area contributed by atoms with Crippen LogP contribution < -0.4 is 10.2 Å². The van der Waals surface area contributed by atoms with Gasteiger partial charge in [0.2, 0.25) is 0 Å². The number of nitrogens with one attached hydrogen (secondary N) is 1. The first-order valence-electron chi connectivity index (χ1n) is 7.88. The van der Waals surface area contributed by atoms with E-state index in [-0.39, 0.29) is 11.7 Å². The van der Waals surface area contributed by atoms with Gasteiger partial charge in [0.1, 0.15) is 5.84 Å². The molecule has 1 aromatic carbocycles. The molecule has 1 N–H and O–H groups in total. The molecule has 2 aliphatic heterocycles. The Bertz CT molecular complexity index is 885. The minimum atomic E-state index is -3.39. The highest BCUT2D eigenvalue weighted by atomic mass is 32.2. The molecule has 0 aromatic heterocycles. The molecule has 3 rings (SSSR count). The molecule has 132 valence electrons. The molecule has 25 heavy (non-hydrogen) atoms. The van der Waals surface area contributed by atoms with Crippen LogP contribution in [0.1, 0.15) is 5.56 Å². The van der Waals surface area contributed by atoms with Gasteiger partial charge in [-0.1, -0.05) is 12.1 Å². The number of anilines is 1. The van der Waals surface area contributed by atoms with E-state index in [1.165, 1.54) is 0 Å². The normalized spacial score (nSPS) is 18.1. The van der Waals surface area contributed by atoms with E-state index in [9.17, 15) is 13.2 Å². The minimum Gasteiger partial charge on any atom is -0.378 e. The molecule has 0 atom stereocenters. The maximum atomic E-state index is 12.4. The summed E-state index contributed by atoms with van der Waals surface area (Å²) in [5.74, 6) is 0.0908. The van der Waals surface area contributed by atoms with Gasteiger partial charge in [-0.3, -0.25) is 4.79 Å². The fourth-order valence-corrected chi connectivity index (χ4v) is 3.53. The van der Waals surface area contributed by atoms with Crippen molar-refractivity contribution in [1.29, 1.82) is 0 Å². The summed E-state index contributed by atoms with van der Waals surface area (Å²) >= 11 is 0. The molecule has 0 radical (unpaired) electrons. The summed E-state index contributed by atoms with van der Waals surface area (Å²) < 4.78 is 26.7. The second kappa shape index (κ2) is 6.72. The van der Waals surface area contributed by atoms with Gasteiger partial charge < -0.3 is 15.1 Å².